The Morgan fingerprint density at radius 3 is 2.62 bits per heavy atom. The molecule has 1 aliphatic rings. The molecule has 0 bridgehead atoms. The Kier molecular flexibility index (Phi) is 7.15. The largest absolute Gasteiger partial charge is 0.444 e. The number of rotatable bonds is 5. The van der Waals surface area contributed by atoms with Crippen molar-refractivity contribution in [1.82, 2.24) is 25.3 Å². The van der Waals surface area contributed by atoms with Crippen LogP contribution in [0.2, 0.25) is 0 Å². The van der Waals surface area contributed by atoms with Gasteiger partial charge in [0.1, 0.15) is 11.3 Å². The number of guanidine groups is 1. The van der Waals surface area contributed by atoms with Crippen molar-refractivity contribution < 1.29 is 14.3 Å². The maximum Gasteiger partial charge on any atom is 0.412 e. The summed E-state index contributed by atoms with van der Waals surface area (Å²) < 4.78 is 13.5. The van der Waals surface area contributed by atoms with E-state index in [0.29, 0.717) is 19.0 Å². The van der Waals surface area contributed by atoms with Crippen LogP contribution in [0.25, 0.3) is 0 Å². The van der Waals surface area contributed by atoms with E-state index in [2.05, 4.69) is 20.7 Å². The monoisotopic (exact) mass is 408 g/mol. The van der Waals surface area contributed by atoms with Crippen LogP contribution < -0.4 is 10.6 Å². The molecule has 164 valence electrons. The molecule has 1 aromatic rings. The number of ether oxygens (including phenoxy) is 2. The number of amides is 1. The van der Waals surface area contributed by atoms with Gasteiger partial charge in [0.2, 0.25) is 0 Å². The molecule has 9 heteroatoms. The lowest BCUT2D eigenvalue weighted by molar-refractivity contribution is -0.0755. The van der Waals surface area contributed by atoms with E-state index < -0.39 is 11.3 Å². The molecule has 0 aromatic carbocycles. The highest BCUT2D eigenvalue weighted by molar-refractivity contribution is 5.79. The lowest BCUT2D eigenvalue weighted by Gasteiger charge is -2.35. The van der Waals surface area contributed by atoms with Gasteiger partial charge in [0.25, 0.3) is 0 Å². The average molecular weight is 409 g/mol. The zero-order valence-corrected chi connectivity index (χ0v) is 18.9. The van der Waals surface area contributed by atoms with Crippen molar-refractivity contribution in [3.05, 3.63) is 18.0 Å². The summed E-state index contributed by atoms with van der Waals surface area (Å²) in [7, 11) is 1.72. The third-order valence-electron chi connectivity index (χ3n) is 4.62. The van der Waals surface area contributed by atoms with Crippen LogP contribution in [0.1, 0.15) is 47.1 Å². The zero-order valence-electron chi connectivity index (χ0n) is 18.9. The summed E-state index contributed by atoms with van der Waals surface area (Å²) >= 11 is 0. The van der Waals surface area contributed by atoms with Gasteiger partial charge in [0.05, 0.1) is 24.9 Å². The van der Waals surface area contributed by atoms with Crippen molar-refractivity contribution in [1.29, 1.82) is 0 Å². The molecule has 1 aliphatic heterocycles. The number of nitrogens with zero attached hydrogens (tertiary/aromatic N) is 4. The summed E-state index contributed by atoms with van der Waals surface area (Å²) in [5, 5.41) is 10.8. The lowest BCUT2D eigenvalue weighted by Crippen LogP contribution is -2.54. The first-order valence-corrected chi connectivity index (χ1v) is 10.1. The summed E-state index contributed by atoms with van der Waals surface area (Å²) in [6.07, 6.45) is 3.31. The van der Waals surface area contributed by atoms with Crippen LogP contribution in [0.4, 0.5) is 4.79 Å². The van der Waals surface area contributed by atoms with Crippen molar-refractivity contribution >= 4 is 12.1 Å². The molecule has 29 heavy (non-hydrogen) atoms. The second kappa shape index (κ2) is 9.02. The lowest BCUT2D eigenvalue weighted by atomic mass is 10.1. The molecule has 0 aliphatic carbocycles. The number of aromatic nitrogens is 2. The van der Waals surface area contributed by atoms with E-state index in [-0.39, 0.29) is 18.2 Å². The Morgan fingerprint density at radius 1 is 1.38 bits per heavy atom. The standard InChI is InChI=1S/C20H36N6O3/c1-14-11-24-25(13-14)10-9-22-17(21-8)23-12-16-15(2)28-20(6,7)26(16)18(27)29-19(3,4)5/h11,13,15-16H,9-10,12H2,1-8H3,(H2,21,22,23). The molecule has 2 unspecified atom stereocenters. The molecule has 1 saturated heterocycles. The van der Waals surface area contributed by atoms with Crippen molar-refractivity contribution in [2.24, 2.45) is 4.99 Å². The van der Waals surface area contributed by atoms with Crippen molar-refractivity contribution in [2.75, 3.05) is 20.1 Å². The van der Waals surface area contributed by atoms with Gasteiger partial charge >= 0.3 is 6.09 Å². The van der Waals surface area contributed by atoms with Crippen LogP contribution in [0.15, 0.2) is 17.4 Å². The van der Waals surface area contributed by atoms with Gasteiger partial charge in [-0.15, -0.1) is 0 Å². The van der Waals surface area contributed by atoms with E-state index in [1.807, 2.05) is 65.5 Å². The van der Waals surface area contributed by atoms with Crippen molar-refractivity contribution in [3.8, 4) is 0 Å². The topological polar surface area (TPSA) is 93.0 Å². The highest BCUT2D eigenvalue weighted by atomic mass is 16.6. The van der Waals surface area contributed by atoms with Gasteiger partial charge < -0.3 is 20.1 Å². The van der Waals surface area contributed by atoms with Gasteiger partial charge in [-0.2, -0.15) is 5.10 Å². The quantitative estimate of drug-likeness (QED) is 0.573. The number of carbonyl (C=O) groups is 1. The van der Waals surface area contributed by atoms with Crippen LogP contribution in [-0.4, -0.2) is 70.3 Å². The van der Waals surface area contributed by atoms with Crippen LogP contribution >= 0.6 is 0 Å². The summed E-state index contributed by atoms with van der Waals surface area (Å²) in [6, 6.07) is -0.188. The molecule has 2 N–H and O–H groups in total. The summed E-state index contributed by atoms with van der Waals surface area (Å²) in [5.74, 6) is 0.662. The van der Waals surface area contributed by atoms with Crippen LogP contribution in [-0.2, 0) is 16.0 Å². The SMILES string of the molecule is CN=C(NCCn1cc(C)cn1)NCC1C(C)OC(C)(C)N1C(=O)OC(C)(C)C. The number of nitrogens with one attached hydrogen (secondary N) is 2. The predicted molar refractivity (Wildman–Crippen MR) is 113 cm³/mol. The normalized spacial score (nSPS) is 21.9. The molecule has 0 spiro atoms. The van der Waals surface area contributed by atoms with E-state index in [4.69, 9.17) is 9.47 Å². The maximum atomic E-state index is 12.8. The van der Waals surface area contributed by atoms with Gasteiger partial charge in [0.15, 0.2) is 5.96 Å². The molecule has 0 saturated carbocycles. The minimum Gasteiger partial charge on any atom is -0.444 e. The van der Waals surface area contributed by atoms with Gasteiger partial charge in [-0.25, -0.2) is 4.79 Å². The molecular formula is C20H36N6O3. The molecule has 0 radical (unpaired) electrons. The number of carbonyl (C=O) groups excluding carboxylic acids is 1. The average Bonchev–Trinajstić information content (AvgIpc) is 3.08. The first-order chi connectivity index (χ1) is 13.4. The fraction of sp³-hybridized carbons (Fsp3) is 0.750. The third-order valence-corrected chi connectivity index (χ3v) is 4.62. The maximum absolute atomic E-state index is 12.8. The molecule has 2 rings (SSSR count). The Hall–Kier alpha value is -2.29. The number of aryl methyl sites for hydroxylation is 1. The Labute approximate surface area is 173 Å². The van der Waals surface area contributed by atoms with E-state index in [1.165, 1.54) is 0 Å². The van der Waals surface area contributed by atoms with Gasteiger partial charge in [-0.1, -0.05) is 0 Å². The minimum atomic E-state index is -0.747. The molecule has 1 aromatic heterocycles. The minimum absolute atomic E-state index is 0.143. The molecule has 2 atom stereocenters. The van der Waals surface area contributed by atoms with Gasteiger partial charge in [0, 0.05) is 26.3 Å². The molecular weight excluding hydrogens is 372 g/mol. The Balaban J connectivity index is 1.95. The molecule has 9 nitrogen and oxygen atoms in total. The summed E-state index contributed by atoms with van der Waals surface area (Å²) in [5.41, 5.74) is -0.185. The first-order valence-electron chi connectivity index (χ1n) is 10.1. The third kappa shape index (κ3) is 6.35. The van der Waals surface area contributed by atoms with Crippen LogP contribution in [0.3, 0.4) is 0 Å². The van der Waals surface area contributed by atoms with Crippen molar-refractivity contribution in [3.63, 3.8) is 0 Å². The number of hydrogen-bond acceptors (Lipinski definition) is 5. The molecule has 1 fully saturated rings. The second-order valence-electron chi connectivity index (χ2n) is 8.85. The van der Waals surface area contributed by atoms with E-state index in [0.717, 1.165) is 12.1 Å². The molecule has 1 amide bonds. The second-order valence-corrected chi connectivity index (χ2v) is 8.85. The molecule has 2 heterocycles. The highest BCUT2D eigenvalue weighted by Crippen LogP contribution is 2.33. The predicted octanol–water partition coefficient (Wildman–Crippen LogP) is 2.12. The van der Waals surface area contributed by atoms with E-state index >= 15 is 0 Å². The van der Waals surface area contributed by atoms with Crippen LogP contribution in [0.5, 0.6) is 0 Å². The first kappa shape index (κ1) is 23.0. The van der Waals surface area contributed by atoms with Gasteiger partial charge in [-0.3, -0.25) is 14.6 Å². The van der Waals surface area contributed by atoms with Gasteiger partial charge in [-0.05, 0) is 54.0 Å². The van der Waals surface area contributed by atoms with E-state index in [9.17, 15) is 4.79 Å². The number of hydrogen-bond donors (Lipinski definition) is 2. The smallest absolute Gasteiger partial charge is 0.412 e. The van der Waals surface area contributed by atoms with E-state index in [1.54, 1.807) is 11.9 Å². The summed E-state index contributed by atoms with van der Waals surface area (Å²) in [4.78, 5) is 18.8. The Morgan fingerprint density at radius 2 is 2.07 bits per heavy atom. The summed E-state index contributed by atoms with van der Waals surface area (Å²) in [6.45, 7) is 15.2. The fourth-order valence-corrected chi connectivity index (χ4v) is 3.42. The Bertz CT molecular complexity index is 722. The fourth-order valence-electron chi connectivity index (χ4n) is 3.42. The van der Waals surface area contributed by atoms with Crippen LogP contribution in [0, 0.1) is 6.92 Å². The zero-order chi connectivity index (χ0) is 21.8. The number of aliphatic imine (C=N–C) groups is 1. The highest BCUT2D eigenvalue weighted by Gasteiger charge is 2.49. The van der Waals surface area contributed by atoms with Crippen molar-refractivity contribution in [2.45, 2.75) is 78.5 Å².